The Labute approximate surface area is 98.1 Å². The number of nitrogens with zero attached hydrogens (tertiary/aromatic N) is 3. The van der Waals surface area contributed by atoms with Gasteiger partial charge in [-0.05, 0) is 0 Å². The Morgan fingerprint density at radius 2 is 1.94 bits per heavy atom. The van der Waals surface area contributed by atoms with Crippen molar-refractivity contribution in [3.63, 3.8) is 0 Å². The predicted octanol–water partition coefficient (Wildman–Crippen LogP) is 0.647. The fourth-order valence-corrected chi connectivity index (χ4v) is 1.46. The van der Waals surface area contributed by atoms with E-state index in [-0.39, 0.29) is 10.9 Å². The van der Waals surface area contributed by atoms with Crippen molar-refractivity contribution >= 4 is 22.6 Å². The second-order valence-electron chi connectivity index (χ2n) is 3.30. The summed E-state index contributed by atoms with van der Waals surface area (Å²) in [6.07, 6.45) is 0. The smallest absolute Gasteiger partial charge is 0.338 e. The summed E-state index contributed by atoms with van der Waals surface area (Å²) in [5, 5.41) is 37.9. The lowest BCUT2D eigenvalue weighted by Gasteiger charge is -2.03. The molecule has 0 amide bonds. The molecule has 0 aliphatic carbocycles. The SMILES string of the molecule is O=C(O)c1cc([N+](=O)[O-])cc2c(O)nc(O)nc12. The van der Waals surface area contributed by atoms with Gasteiger partial charge in [-0.2, -0.15) is 9.97 Å². The van der Waals surface area contributed by atoms with E-state index in [1.807, 2.05) is 0 Å². The molecule has 3 N–H and O–H groups in total. The number of hydrogen-bond donors (Lipinski definition) is 3. The molecular formula is C9H5N3O6. The van der Waals surface area contributed by atoms with E-state index in [0.29, 0.717) is 0 Å². The molecule has 18 heavy (non-hydrogen) atoms. The van der Waals surface area contributed by atoms with E-state index < -0.39 is 34.0 Å². The van der Waals surface area contributed by atoms with Gasteiger partial charge >= 0.3 is 12.0 Å². The topological polar surface area (TPSA) is 147 Å². The summed E-state index contributed by atoms with van der Waals surface area (Å²) in [7, 11) is 0. The predicted molar refractivity (Wildman–Crippen MR) is 56.5 cm³/mol. The fourth-order valence-electron chi connectivity index (χ4n) is 1.46. The first kappa shape index (κ1) is 11.5. The minimum atomic E-state index is -1.47. The van der Waals surface area contributed by atoms with Crippen LogP contribution in [0.5, 0.6) is 11.9 Å². The van der Waals surface area contributed by atoms with Gasteiger partial charge in [0.2, 0.25) is 5.88 Å². The summed E-state index contributed by atoms with van der Waals surface area (Å²) in [5.41, 5.74) is -1.31. The van der Waals surface area contributed by atoms with E-state index in [1.54, 1.807) is 0 Å². The molecule has 0 saturated carbocycles. The number of non-ortho nitro benzene ring substituents is 1. The van der Waals surface area contributed by atoms with Gasteiger partial charge in [0.25, 0.3) is 5.69 Å². The number of rotatable bonds is 2. The van der Waals surface area contributed by atoms with Crippen LogP contribution in [0.3, 0.4) is 0 Å². The summed E-state index contributed by atoms with van der Waals surface area (Å²) < 4.78 is 0. The van der Waals surface area contributed by atoms with E-state index in [1.165, 1.54) is 0 Å². The zero-order chi connectivity index (χ0) is 13.4. The Morgan fingerprint density at radius 1 is 1.28 bits per heavy atom. The number of benzene rings is 1. The lowest BCUT2D eigenvalue weighted by molar-refractivity contribution is -0.384. The number of carboxylic acid groups (broad SMARTS) is 1. The molecule has 0 spiro atoms. The van der Waals surface area contributed by atoms with Crippen LogP contribution < -0.4 is 0 Å². The van der Waals surface area contributed by atoms with Crippen molar-refractivity contribution in [2.24, 2.45) is 0 Å². The van der Waals surface area contributed by atoms with Crippen molar-refractivity contribution in [3.8, 4) is 11.9 Å². The molecule has 0 bridgehead atoms. The molecule has 92 valence electrons. The van der Waals surface area contributed by atoms with Crippen LogP contribution in [0.15, 0.2) is 12.1 Å². The van der Waals surface area contributed by atoms with E-state index in [4.69, 9.17) is 10.2 Å². The molecule has 0 radical (unpaired) electrons. The highest BCUT2D eigenvalue weighted by Crippen LogP contribution is 2.30. The highest BCUT2D eigenvalue weighted by molar-refractivity contribution is 6.04. The lowest BCUT2D eigenvalue weighted by atomic mass is 10.1. The number of aromatic hydroxyl groups is 2. The number of nitro benzene ring substituents is 1. The maximum atomic E-state index is 11.0. The average Bonchev–Trinajstić information content (AvgIpc) is 2.27. The number of fused-ring (bicyclic) bond motifs is 1. The van der Waals surface area contributed by atoms with E-state index in [0.717, 1.165) is 12.1 Å². The van der Waals surface area contributed by atoms with Gasteiger partial charge in [-0.1, -0.05) is 0 Å². The fraction of sp³-hybridized carbons (Fsp3) is 0. The summed E-state index contributed by atoms with van der Waals surface area (Å²) >= 11 is 0. The van der Waals surface area contributed by atoms with Crippen LogP contribution in [0.25, 0.3) is 10.9 Å². The molecule has 1 heterocycles. The van der Waals surface area contributed by atoms with E-state index in [2.05, 4.69) is 9.97 Å². The number of aromatic carboxylic acids is 1. The van der Waals surface area contributed by atoms with Crippen LogP contribution in [0.2, 0.25) is 0 Å². The molecule has 2 rings (SSSR count). The van der Waals surface area contributed by atoms with Gasteiger partial charge in [-0.25, -0.2) is 4.79 Å². The number of aromatic nitrogens is 2. The number of nitro groups is 1. The first-order chi connectivity index (χ1) is 8.40. The molecule has 0 atom stereocenters. The van der Waals surface area contributed by atoms with Crippen molar-refractivity contribution in [2.45, 2.75) is 0 Å². The van der Waals surface area contributed by atoms with Gasteiger partial charge in [0.05, 0.1) is 21.4 Å². The van der Waals surface area contributed by atoms with Crippen LogP contribution >= 0.6 is 0 Å². The van der Waals surface area contributed by atoms with Crippen molar-refractivity contribution < 1.29 is 25.0 Å². The standard InChI is InChI=1S/C9H5N3O6/c13-7-4-1-3(12(17)18)2-5(8(14)15)6(4)10-9(16)11-7/h1-2H,(H,14,15)(H2,10,11,13,16). The second kappa shape index (κ2) is 3.80. The lowest BCUT2D eigenvalue weighted by Crippen LogP contribution is -2.02. The minimum Gasteiger partial charge on any atom is -0.493 e. The molecule has 1 aromatic heterocycles. The third-order valence-electron chi connectivity index (χ3n) is 2.19. The molecule has 0 fully saturated rings. The molecule has 2 aromatic rings. The highest BCUT2D eigenvalue weighted by atomic mass is 16.6. The second-order valence-corrected chi connectivity index (χ2v) is 3.30. The zero-order valence-corrected chi connectivity index (χ0v) is 8.56. The molecule has 1 aromatic carbocycles. The quantitative estimate of drug-likeness (QED) is 0.520. The zero-order valence-electron chi connectivity index (χ0n) is 8.56. The average molecular weight is 251 g/mol. The Bertz CT molecular complexity index is 684. The number of carbonyl (C=O) groups is 1. The Hall–Kier alpha value is -2.97. The summed E-state index contributed by atoms with van der Waals surface area (Å²) in [6.45, 7) is 0. The van der Waals surface area contributed by atoms with Crippen LogP contribution in [0, 0.1) is 10.1 Å². The molecule has 0 aliphatic heterocycles. The Kier molecular flexibility index (Phi) is 2.43. The van der Waals surface area contributed by atoms with Gasteiger partial charge < -0.3 is 15.3 Å². The van der Waals surface area contributed by atoms with Crippen molar-refractivity contribution in [1.29, 1.82) is 0 Å². The largest absolute Gasteiger partial charge is 0.493 e. The maximum absolute atomic E-state index is 11.0. The molecule has 9 nitrogen and oxygen atoms in total. The van der Waals surface area contributed by atoms with Crippen molar-refractivity contribution in [2.75, 3.05) is 0 Å². The van der Waals surface area contributed by atoms with Crippen LogP contribution in [-0.4, -0.2) is 36.2 Å². The highest BCUT2D eigenvalue weighted by Gasteiger charge is 2.20. The Balaban J connectivity index is 2.94. The minimum absolute atomic E-state index is 0.223. The van der Waals surface area contributed by atoms with E-state index in [9.17, 15) is 20.0 Å². The van der Waals surface area contributed by atoms with Gasteiger partial charge in [0, 0.05) is 12.1 Å². The van der Waals surface area contributed by atoms with Crippen molar-refractivity contribution in [1.82, 2.24) is 9.97 Å². The number of hydrogen-bond acceptors (Lipinski definition) is 7. The van der Waals surface area contributed by atoms with Crippen molar-refractivity contribution in [3.05, 3.63) is 27.8 Å². The van der Waals surface area contributed by atoms with Gasteiger partial charge in [0.1, 0.15) is 0 Å². The third kappa shape index (κ3) is 1.73. The van der Waals surface area contributed by atoms with Gasteiger partial charge in [-0.15, -0.1) is 0 Å². The molecular weight excluding hydrogens is 246 g/mol. The molecule has 0 aliphatic rings. The first-order valence-corrected chi connectivity index (χ1v) is 4.51. The van der Waals surface area contributed by atoms with Crippen LogP contribution in [-0.2, 0) is 0 Å². The number of carboxylic acids is 1. The maximum Gasteiger partial charge on any atom is 0.338 e. The van der Waals surface area contributed by atoms with Gasteiger partial charge in [0.15, 0.2) is 0 Å². The first-order valence-electron chi connectivity index (χ1n) is 4.51. The Morgan fingerprint density at radius 3 is 2.50 bits per heavy atom. The van der Waals surface area contributed by atoms with Crippen LogP contribution in [0.1, 0.15) is 10.4 Å². The van der Waals surface area contributed by atoms with E-state index >= 15 is 0 Å². The van der Waals surface area contributed by atoms with Crippen LogP contribution in [0.4, 0.5) is 5.69 Å². The summed E-state index contributed by atoms with van der Waals surface area (Å²) in [4.78, 5) is 27.4. The summed E-state index contributed by atoms with van der Waals surface area (Å²) in [5.74, 6) is -2.20. The third-order valence-corrected chi connectivity index (χ3v) is 2.19. The molecule has 9 heteroatoms. The summed E-state index contributed by atoms with van der Waals surface area (Å²) in [6, 6.07) is 0.893. The van der Waals surface area contributed by atoms with Gasteiger partial charge in [-0.3, -0.25) is 10.1 Å². The monoisotopic (exact) mass is 251 g/mol. The molecule has 0 saturated heterocycles. The molecule has 0 unspecified atom stereocenters. The normalized spacial score (nSPS) is 10.4.